The molecule has 1 N–H and O–H groups in total. The molecule has 0 radical (unpaired) electrons. The maximum Gasteiger partial charge on any atom is 0.264 e. The first-order valence-electron chi connectivity index (χ1n) is 11.9. The van der Waals surface area contributed by atoms with Gasteiger partial charge in [-0.2, -0.15) is 4.31 Å². The zero-order chi connectivity index (χ0) is 26.5. The molecule has 1 fully saturated rings. The lowest BCUT2D eigenvalue weighted by molar-refractivity contribution is -0.114. The van der Waals surface area contributed by atoms with Crippen LogP contribution in [0.5, 0.6) is 0 Å². The Kier molecular flexibility index (Phi) is 8.28. The number of anilines is 2. The van der Waals surface area contributed by atoms with Crippen LogP contribution in [0.15, 0.2) is 88.7 Å². The van der Waals surface area contributed by atoms with Crippen molar-refractivity contribution in [2.24, 2.45) is 0 Å². The van der Waals surface area contributed by atoms with Gasteiger partial charge < -0.3 is 10.1 Å². The molecule has 196 valence electrons. The third kappa shape index (κ3) is 6.19. The van der Waals surface area contributed by atoms with Gasteiger partial charge in [-0.1, -0.05) is 37.3 Å². The van der Waals surface area contributed by atoms with Crippen LogP contribution >= 0.6 is 0 Å². The Labute approximate surface area is 217 Å². The summed E-state index contributed by atoms with van der Waals surface area (Å²) in [6.07, 6.45) is 0.795. The largest absolute Gasteiger partial charge is 0.379 e. The zero-order valence-corrected chi connectivity index (χ0v) is 22.0. The molecule has 1 amide bonds. The van der Waals surface area contributed by atoms with E-state index >= 15 is 0 Å². The quantitative estimate of drug-likeness (QED) is 0.444. The highest BCUT2D eigenvalue weighted by atomic mass is 32.2. The van der Waals surface area contributed by atoms with Gasteiger partial charge in [-0.25, -0.2) is 16.8 Å². The predicted molar refractivity (Wildman–Crippen MR) is 141 cm³/mol. The van der Waals surface area contributed by atoms with E-state index < -0.39 is 32.5 Å². The predicted octanol–water partition coefficient (Wildman–Crippen LogP) is 3.10. The van der Waals surface area contributed by atoms with Crippen LogP contribution < -0.4 is 9.62 Å². The van der Waals surface area contributed by atoms with Crippen LogP contribution in [0.3, 0.4) is 0 Å². The van der Waals surface area contributed by atoms with Gasteiger partial charge in [0.2, 0.25) is 15.9 Å². The Morgan fingerprint density at radius 3 is 2.08 bits per heavy atom. The van der Waals surface area contributed by atoms with E-state index in [-0.39, 0.29) is 22.9 Å². The number of nitrogens with one attached hydrogen (secondary N) is 1. The lowest BCUT2D eigenvalue weighted by Crippen LogP contribution is -2.40. The Morgan fingerprint density at radius 1 is 0.865 bits per heavy atom. The second-order valence-electron chi connectivity index (χ2n) is 8.43. The first-order chi connectivity index (χ1) is 17.7. The summed E-state index contributed by atoms with van der Waals surface area (Å²) in [5, 5.41) is 2.67. The maximum absolute atomic E-state index is 13.4. The normalized spacial score (nSPS) is 14.7. The van der Waals surface area contributed by atoms with Gasteiger partial charge in [0.25, 0.3) is 10.0 Å². The first kappa shape index (κ1) is 26.8. The van der Waals surface area contributed by atoms with Crippen molar-refractivity contribution in [1.29, 1.82) is 0 Å². The summed E-state index contributed by atoms with van der Waals surface area (Å²) in [5.41, 5.74) is 1.75. The average molecular weight is 544 g/mol. The van der Waals surface area contributed by atoms with E-state index in [9.17, 15) is 21.6 Å². The number of morpholine rings is 1. The first-order valence-corrected chi connectivity index (χ1v) is 14.7. The van der Waals surface area contributed by atoms with E-state index in [1.54, 1.807) is 30.3 Å². The van der Waals surface area contributed by atoms with Gasteiger partial charge in [-0.3, -0.25) is 9.10 Å². The zero-order valence-electron chi connectivity index (χ0n) is 20.4. The van der Waals surface area contributed by atoms with E-state index in [0.29, 0.717) is 24.6 Å². The molecule has 1 aliphatic rings. The van der Waals surface area contributed by atoms with E-state index in [0.717, 1.165) is 16.3 Å². The van der Waals surface area contributed by atoms with Gasteiger partial charge in [0.15, 0.2) is 0 Å². The monoisotopic (exact) mass is 543 g/mol. The number of hydrogen-bond donors (Lipinski definition) is 1. The Balaban J connectivity index is 1.53. The number of hydrogen-bond acceptors (Lipinski definition) is 6. The number of aryl methyl sites for hydroxylation is 1. The molecule has 1 saturated heterocycles. The summed E-state index contributed by atoms with van der Waals surface area (Å²) in [6.45, 7) is 2.79. The fourth-order valence-corrected chi connectivity index (χ4v) is 6.76. The van der Waals surface area contributed by atoms with Gasteiger partial charge in [0, 0.05) is 18.8 Å². The van der Waals surface area contributed by atoms with Crippen molar-refractivity contribution >= 4 is 37.3 Å². The number of ether oxygens (including phenoxy) is 1. The summed E-state index contributed by atoms with van der Waals surface area (Å²) in [4.78, 5) is 13.1. The Morgan fingerprint density at radius 2 is 1.49 bits per heavy atom. The minimum absolute atomic E-state index is 0.0695. The van der Waals surface area contributed by atoms with Crippen molar-refractivity contribution in [3.05, 3.63) is 84.4 Å². The smallest absolute Gasteiger partial charge is 0.264 e. The highest BCUT2D eigenvalue weighted by molar-refractivity contribution is 7.92. The lowest BCUT2D eigenvalue weighted by atomic mass is 10.1. The molecule has 0 atom stereocenters. The van der Waals surface area contributed by atoms with E-state index in [2.05, 4.69) is 5.32 Å². The maximum atomic E-state index is 13.4. The minimum Gasteiger partial charge on any atom is -0.379 e. The van der Waals surface area contributed by atoms with E-state index in [4.69, 9.17) is 4.74 Å². The number of nitrogens with zero attached hydrogens (tertiary/aromatic N) is 2. The molecule has 9 nitrogen and oxygen atoms in total. The number of carbonyl (C=O) groups excluding carboxylic acids is 1. The van der Waals surface area contributed by atoms with Crippen LogP contribution in [0.25, 0.3) is 0 Å². The number of carbonyl (C=O) groups is 1. The summed E-state index contributed by atoms with van der Waals surface area (Å²) >= 11 is 0. The van der Waals surface area contributed by atoms with Crippen LogP contribution in [0, 0.1) is 0 Å². The molecular weight excluding hydrogens is 514 g/mol. The number of rotatable bonds is 9. The molecule has 0 aliphatic carbocycles. The fraction of sp³-hybridized carbons (Fsp3) is 0.269. The SMILES string of the molecule is CCc1ccc(N(CC(=O)Nc2ccc(S(=O)(=O)N3CCOCC3)cc2)S(=O)(=O)c2ccccc2)cc1. The summed E-state index contributed by atoms with van der Waals surface area (Å²) in [7, 11) is -7.69. The van der Waals surface area contributed by atoms with Gasteiger partial charge in [-0.05, 0) is 60.5 Å². The molecule has 0 bridgehead atoms. The van der Waals surface area contributed by atoms with E-state index in [1.165, 1.54) is 40.7 Å². The molecule has 37 heavy (non-hydrogen) atoms. The molecule has 4 rings (SSSR count). The van der Waals surface area contributed by atoms with Crippen LogP contribution in [-0.2, 0) is 36.0 Å². The highest BCUT2D eigenvalue weighted by Crippen LogP contribution is 2.25. The lowest BCUT2D eigenvalue weighted by Gasteiger charge is -2.26. The number of sulfonamides is 2. The highest BCUT2D eigenvalue weighted by Gasteiger charge is 2.28. The molecule has 0 unspecified atom stereocenters. The van der Waals surface area contributed by atoms with E-state index in [1.807, 2.05) is 19.1 Å². The van der Waals surface area contributed by atoms with Crippen LogP contribution in [-0.4, -0.2) is 59.9 Å². The van der Waals surface area contributed by atoms with Crippen molar-refractivity contribution in [2.75, 3.05) is 42.5 Å². The summed E-state index contributed by atoms with van der Waals surface area (Å²) in [6, 6.07) is 20.7. The molecular formula is C26H29N3O6S2. The Bertz CT molecular complexity index is 1420. The third-order valence-corrected chi connectivity index (χ3v) is 9.70. The van der Waals surface area contributed by atoms with Crippen molar-refractivity contribution < 1.29 is 26.4 Å². The Hall–Kier alpha value is -3.25. The molecule has 0 saturated carbocycles. The molecule has 0 aromatic heterocycles. The van der Waals surface area contributed by atoms with Crippen molar-refractivity contribution in [1.82, 2.24) is 4.31 Å². The molecule has 3 aromatic carbocycles. The van der Waals surface area contributed by atoms with Gasteiger partial charge in [-0.15, -0.1) is 0 Å². The second-order valence-corrected chi connectivity index (χ2v) is 12.2. The number of benzene rings is 3. The summed E-state index contributed by atoms with van der Waals surface area (Å²) < 4.78 is 60.2. The molecule has 0 spiro atoms. The van der Waals surface area contributed by atoms with Crippen LogP contribution in [0.1, 0.15) is 12.5 Å². The summed E-state index contributed by atoms with van der Waals surface area (Å²) in [5.74, 6) is -0.567. The van der Waals surface area contributed by atoms with Gasteiger partial charge in [0.1, 0.15) is 6.54 Å². The molecule has 1 heterocycles. The van der Waals surface area contributed by atoms with Crippen molar-refractivity contribution in [2.45, 2.75) is 23.1 Å². The average Bonchev–Trinajstić information content (AvgIpc) is 2.93. The van der Waals surface area contributed by atoms with Gasteiger partial charge in [0.05, 0.1) is 28.7 Å². The van der Waals surface area contributed by atoms with Crippen molar-refractivity contribution in [3.8, 4) is 0 Å². The van der Waals surface area contributed by atoms with Crippen LogP contribution in [0.4, 0.5) is 11.4 Å². The molecule has 3 aromatic rings. The fourth-order valence-electron chi connectivity index (χ4n) is 3.91. The van der Waals surface area contributed by atoms with Crippen LogP contribution in [0.2, 0.25) is 0 Å². The standard InChI is InChI=1S/C26H29N3O6S2/c1-2-21-8-12-23(13-9-21)29(37(33,34)24-6-4-3-5-7-24)20-26(30)27-22-10-14-25(15-11-22)36(31,32)28-16-18-35-19-17-28/h3-15H,2,16-20H2,1H3,(H,27,30). The second kappa shape index (κ2) is 11.4. The topological polar surface area (TPSA) is 113 Å². The number of amides is 1. The molecule has 1 aliphatic heterocycles. The van der Waals surface area contributed by atoms with Gasteiger partial charge >= 0.3 is 0 Å². The third-order valence-electron chi connectivity index (χ3n) is 6.00. The molecule has 11 heteroatoms. The van der Waals surface area contributed by atoms with Crippen molar-refractivity contribution in [3.63, 3.8) is 0 Å². The minimum atomic E-state index is -4.02.